The lowest BCUT2D eigenvalue weighted by Crippen LogP contribution is -2.19. The predicted octanol–water partition coefficient (Wildman–Crippen LogP) is 4.01. The van der Waals surface area contributed by atoms with Crippen LogP contribution >= 0.6 is 0 Å². The fraction of sp³-hybridized carbons (Fsp3) is 1.00. The third kappa shape index (κ3) is 6.42. The van der Waals surface area contributed by atoms with Gasteiger partial charge in [-0.25, -0.2) is 0 Å². The Bertz CT molecular complexity index is 108. The fourth-order valence-corrected chi connectivity index (χ4v) is 2.37. The van der Waals surface area contributed by atoms with Crippen LogP contribution in [0.15, 0.2) is 0 Å². The Morgan fingerprint density at radius 3 is 1.14 bits per heavy atom. The second-order valence-electron chi connectivity index (χ2n) is 4.87. The number of rotatable bonds is 0. The molecule has 1 nitrogen and oxygen atoms in total. The van der Waals surface area contributed by atoms with Crippen LogP contribution in [-0.4, -0.2) is 6.04 Å². The van der Waals surface area contributed by atoms with E-state index in [4.69, 9.17) is 5.73 Å². The van der Waals surface area contributed by atoms with Gasteiger partial charge in [0.2, 0.25) is 0 Å². The molecule has 0 bridgehead atoms. The monoisotopic (exact) mass is 197 g/mol. The van der Waals surface area contributed by atoms with E-state index < -0.39 is 0 Å². The van der Waals surface area contributed by atoms with Gasteiger partial charge in [-0.2, -0.15) is 0 Å². The maximum atomic E-state index is 6.05. The Kier molecular flexibility index (Phi) is 7.12. The van der Waals surface area contributed by atoms with E-state index in [-0.39, 0.29) is 0 Å². The lowest BCUT2D eigenvalue weighted by atomic mass is 10.0. The molecular formula is C13H27N. The van der Waals surface area contributed by atoms with Gasteiger partial charge in [0.1, 0.15) is 0 Å². The predicted molar refractivity (Wildman–Crippen MR) is 63.4 cm³/mol. The SMILES string of the molecule is NC1CCCCCCCCCCCC1. The molecule has 0 aromatic heterocycles. The highest BCUT2D eigenvalue weighted by molar-refractivity contribution is 4.62. The molecule has 0 aliphatic heterocycles. The van der Waals surface area contributed by atoms with Gasteiger partial charge in [0.25, 0.3) is 0 Å². The lowest BCUT2D eigenvalue weighted by molar-refractivity contribution is 0.497. The summed E-state index contributed by atoms with van der Waals surface area (Å²) >= 11 is 0. The van der Waals surface area contributed by atoms with Crippen molar-refractivity contribution in [2.24, 2.45) is 5.73 Å². The van der Waals surface area contributed by atoms with Crippen LogP contribution in [0.2, 0.25) is 0 Å². The quantitative estimate of drug-likeness (QED) is 0.624. The van der Waals surface area contributed by atoms with E-state index in [2.05, 4.69) is 0 Å². The Balaban J connectivity index is 2.12. The first kappa shape index (κ1) is 12.0. The van der Waals surface area contributed by atoms with E-state index >= 15 is 0 Å². The van der Waals surface area contributed by atoms with Crippen molar-refractivity contribution in [3.05, 3.63) is 0 Å². The van der Waals surface area contributed by atoms with Gasteiger partial charge in [0.05, 0.1) is 0 Å². The Hall–Kier alpha value is -0.0400. The molecule has 0 radical (unpaired) electrons. The van der Waals surface area contributed by atoms with Crippen molar-refractivity contribution in [3.8, 4) is 0 Å². The molecule has 84 valence electrons. The van der Waals surface area contributed by atoms with Crippen LogP contribution in [0.1, 0.15) is 77.0 Å². The van der Waals surface area contributed by atoms with Crippen molar-refractivity contribution >= 4 is 0 Å². The molecule has 0 aromatic carbocycles. The third-order valence-corrected chi connectivity index (χ3v) is 3.40. The average Bonchev–Trinajstić information content (AvgIpc) is 2.20. The van der Waals surface area contributed by atoms with Gasteiger partial charge < -0.3 is 5.73 Å². The van der Waals surface area contributed by atoms with Gasteiger partial charge in [0, 0.05) is 6.04 Å². The van der Waals surface area contributed by atoms with E-state index in [0.717, 1.165) is 0 Å². The first-order chi connectivity index (χ1) is 6.89. The first-order valence-corrected chi connectivity index (χ1v) is 6.65. The zero-order chi connectivity index (χ0) is 10.1. The van der Waals surface area contributed by atoms with Gasteiger partial charge in [-0.05, 0) is 12.8 Å². The van der Waals surface area contributed by atoms with Crippen LogP contribution < -0.4 is 5.73 Å². The molecule has 0 saturated heterocycles. The minimum atomic E-state index is 0.496. The van der Waals surface area contributed by atoms with E-state index in [0.29, 0.717) is 6.04 Å². The zero-order valence-corrected chi connectivity index (χ0v) is 9.64. The molecule has 0 unspecified atom stereocenters. The molecule has 0 heterocycles. The minimum Gasteiger partial charge on any atom is -0.328 e. The molecule has 0 atom stereocenters. The molecule has 14 heavy (non-hydrogen) atoms. The average molecular weight is 197 g/mol. The maximum absolute atomic E-state index is 6.05. The summed E-state index contributed by atoms with van der Waals surface area (Å²) in [5, 5.41) is 0. The van der Waals surface area contributed by atoms with E-state index in [9.17, 15) is 0 Å². The van der Waals surface area contributed by atoms with Crippen LogP contribution in [0.25, 0.3) is 0 Å². The second kappa shape index (κ2) is 8.28. The van der Waals surface area contributed by atoms with Gasteiger partial charge >= 0.3 is 0 Å². The standard InChI is InChI=1S/C13H27N/c14-13-11-9-7-5-3-1-2-4-6-8-10-12-13/h13H,1-12,14H2. The highest BCUT2D eigenvalue weighted by Crippen LogP contribution is 2.15. The molecule has 1 aliphatic rings. The maximum Gasteiger partial charge on any atom is 0.00388 e. The van der Waals surface area contributed by atoms with Crippen LogP contribution in [0.5, 0.6) is 0 Å². The molecule has 0 amide bonds. The van der Waals surface area contributed by atoms with Crippen molar-refractivity contribution in [2.45, 2.75) is 83.1 Å². The first-order valence-electron chi connectivity index (χ1n) is 6.65. The van der Waals surface area contributed by atoms with Crippen molar-refractivity contribution in [1.29, 1.82) is 0 Å². The smallest absolute Gasteiger partial charge is 0.00388 e. The van der Waals surface area contributed by atoms with Crippen molar-refractivity contribution in [3.63, 3.8) is 0 Å². The molecule has 1 fully saturated rings. The van der Waals surface area contributed by atoms with Crippen LogP contribution in [-0.2, 0) is 0 Å². The minimum absolute atomic E-state index is 0.496. The van der Waals surface area contributed by atoms with Gasteiger partial charge in [-0.3, -0.25) is 0 Å². The second-order valence-corrected chi connectivity index (χ2v) is 4.87. The summed E-state index contributed by atoms with van der Waals surface area (Å²) in [5.41, 5.74) is 6.05. The third-order valence-electron chi connectivity index (χ3n) is 3.40. The summed E-state index contributed by atoms with van der Waals surface area (Å²) in [4.78, 5) is 0. The molecule has 0 aromatic rings. The van der Waals surface area contributed by atoms with Crippen molar-refractivity contribution < 1.29 is 0 Å². The molecule has 1 aliphatic carbocycles. The molecule has 1 saturated carbocycles. The van der Waals surface area contributed by atoms with Crippen LogP contribution in [0, 0.1) is 0 Å². The summed E-state index contributed by atoms with van der Waals surface area (Å²) in [5.74, 6) is 0. The van der Waals surface area contributed by atoms with Crippen molar-refractivity contribution in [1.82, 2.24) is 0 Å². The van der Waals surface area contributed by atoms with Crippen molar-refractivity contribution in [2.75, 3.05) is 0 Å². The highest BCUT2D eigenvalue weighted by Gasteiger charge is 2.03. The Morgan fingerprint density at radius 1 is 0.500 bits per heavy atom. The number of hydrogen-bond acceptors (Lipinski definition) is 1. The highest BCUT2D eigenvalue weighted by atomic mass is 14.6. The molecule has 1 heteroatoms. The summed E-state index contributed by atoms with van der Waals surface area (Å²) in [6.07, 6.45) is 16.8. The van der Waals surface area contributed by atoms with Crippen LogP contribution in [0.3, 0.4) is 0 Å². The summed E-state index contributed by atoms with van der Waals surface area (Å²) < 4.78 is 0. The molecule has 2 N–H and O–H groups in total. The Labute approximate surface area is 89.5 Å². The lowest BCUT2D eigenvalue weighted by Gasteiger charge is -2.10. The van der Waals surface area contributed by atoms with E-state index in [1.54, 1.807) is 0 Å². The molecule has 0 spiro atoms. The normalized spacial score (nSPS) is 24.6. The number of hydrogen-bond donors (Lipinski definition) is 1. The number of nitrogens with two attached hydrogens (primary N) is 1. The summed E-state index contributed by atoms with van der Waals surface area (Å²) in [6.45, 7) is 0. The topological polar surface area (TPSA) is 26.0 Å². The molecule has 1 rings (SSSR count). The summed E-state index contributed by atoms with van der Waals surface area (Å²) in [6, 6.07) is 0.496. The van der Waals surface area contributed by atoms with Gasteiger partial charge in [-0.1, -0.05) is 64.2 Å². The van der Waals surface area contributed by atoms with E-state index in [1.807, 2.05) is 0 Å². The Morgan fingerprint density at radius 2 is 0.786 bits per heavy atom. The van der Waals surface area contributed by atoms with Crippen LogP contribution in [0.4, 0.5) is 0 Å². The zero-order valence-electron chi connectivity index (χ0n) is 9.64. The van der Waals surface area contributed by atoms with E-state index in [1.165, 1.54) is 77.0 Å². The molecular weight excluding hydrogens is 170 g/mol. The van der Waals surface area contributed by atoms with Gasteiger partial charge in [-0.15, -0.1) is 0 Å². The largest absolute Gasteiger partial charge is 0.328 e. The summed E-state index contributed by atoms with van der Waals surface area (Å²) in [7, 11) is 0. The fourth-order valence-electron chi connectivity index (χ4n) is 2.37. The van der Waals surface area contributed by atoms with Gasteiger partial charge in [0.15, 0.2) is 0 Å².